The van der Waals surface area contributed by atoms with Crippen molar-refractivity contribution in [1.29, 1.82) is 0 Å². The van der Waals surface area contributed by atoms with Gasteiger partial charge in [-0.1, -0.05) is 13.8 Å². The maximum Gasteiger partial charge on any atom is 0.284 e. The van der Waals surface area contributed by atoms with Crippen LogP contribution in [0.4, 0.5) is 20.3 Å². The Bertz CT molecular complexity index is 1120. The number of hydrogen-bond donors (Lipinski definition) is 2. The maximum absolute atomic E-state index is 13.7. The fraction of sp³-hybridized carbons (Fsp3) is 0.500. The van der Waals surface area contributed by atoms with Crippen molar-refractivity contribution >= 4 is 17.4 Å². The molecule has 8 nitrogen and oxygen atoms in total. The number of halogens is 2. The first kappa shape index (κ1) is 23.8. The molecule has 10 heteroatoms. The minimum atomic E-state index is -2.81. The van der Waals surface area contributed by atoms with E-state index < -0.39 is 18.0 Å². The number of nitrogens with zero attached hydrogens (tertiary/aromatic N) is 4. The molecule has 3 aromatic heterocycles. The molecule has 0 atom stereocenters. The summed E-state index contributed by atoms with van der Waals surface area (Å²) in [6, 6.07) is 3.51. The lowest BCUT2D eigenvalue weighted by Crippen LogP contribution is -2.21. The number of pyridine rings is 1. The maximum atomic E-state index is 13.7. The van der Waals surface area contributed by atoms with Crippen LogP contribution < -0.4 is 10.6 Å². The molecule has 4 rings (SSSR count). The number of carbonyl (C=O) groups excluding carboxylic acids is 1. The molecule has 0 aromatic carbocycles. The Balaban J connectivity index is 1.48. The van der Waals surface area contributed by atoms with E-state index in [2.05, 4.69) is 39.5 Å². The zero-order valence-corrected chi connectivity index (χ0v) is 19.6. The fourth-order valence-corrected chi connectivity index (χ4v) is 4.42. The third-order valence-electron chi connectivity index (χ3n) is 6.38. The molecule has 0 aliphatic heterocycles. The SMILES string of the molecule is CCNc1cc(-c2nc(C(=O)Nc3cn([C@H]4CC[C@@H](C(C)C)CC4)nc3C(F)F)co2)ccn1. The second-order valence-corrected chi connectivity index (χ2v) is 8.97. The summed E-state index contributed by atoms with van der Waals surface area (Å²) in [6.07, 6.45) is 5.36. The van der Waals surface area contributed by atoms with Gasteiger partial charge in [-0.3, -0.25) is 9.48 Å². The summed E-state index contributed by atoms with van der Waals surface area (Å²) in [4.78, 5) is 21.2. The van der Waals surface area contributed by atoms with Crippen LogP contribution in [0.15, 0.2) is 35.2 Å². The third-order valence-corrected chi connectivity index (χ3v) is 6.38. The summed E-state index contributed by atoms with van der Waals surface area (Å²) >= 11 is 0. The second kappa shape index (κ2) is 10.3. The van der Waals surface area contributed by atoms with Gasteiger partial charge in [-0.2, -0.15) is 5.10 Å². The van der Waals surface area contributed by atoms with Gasteiger partial charge in [0.2, 0.25) is 5.89 Å². The van der Waals surface area contributed by atoms with Gasteiger partial charge in [-0.25, -0.2) is 18.7 Å². The van der Waals surface area contributed by atoms with Crippen LogP contribution in [0, 0.1) is 11.8 Å². The molecule has 2 N–H and O–H groups in total. The van der Waals surface area contributed by atoms with Crippen LogP contribution in [0.1, 0.15) is 75.1 Å². The summed E-state index contributed by atoms with van der Waals surface area (Å²) in [5.41, 5.74) is 0.187. The van der Waals surface area contributed by atoms with Crippen molar-refractivity contribution in [2.75, 3.05) is 17.2 Å². The number of aromatic nitrogens is 4. The standard InChI is InChI=1S/C24H30F2N6O2/c1-4-27-20-11-16(9-10-28-20)24-30-19(13-34-24)23(33)29-18-12-32(31-21(18)22(25)26)17-7-5-15(6-8-17)14(2)3/h9-15,17,22H,4-8H2,1-3H3,(H,27,28)(H,29,33)/t15-,17+. The lowest BCUT2D eigenvalue weighted by molar-refractivity contribution is 0.102. The van der Waals surface area contributed by atoms with E-state index in [9.17, 15) is 13.6 Å². The van der Waals surface area contributed by atoms with Gasteiger partial charge in [0.15, 0.2) is 11.4 Å². The monoisotopic (exact) mass is 472 g/mol. The third kappa shape index (κ3) is 5.26. The van der Waals surface area contributed by atoms with Crippen LogP contribution >= 0.6 is 0 Å². The lowest BCUT2D eigenvalue weighted by atomic mass is 9.80. The normalized spacial score (nSPS) is 18.4. The van der Waals surface area contributed by atoms with Gasteiger partial charge in [0.05, 0.1) is 11.7 Å². The van der Waals surface area contributed by atoms with Gasteiger partial charge in [-0.15, -0.1) is 0 Å². The largest absolute Gasteiger partial charge is 0.444 e. The van der Waals surface area contributed by atoms with Crippen LogP contribution in [-0.4, -0.2) is 32.2 Å². The van der Waals surface area contributed by atoms with Gasteiger partial charge in [-0.05, 0) is 56.6 Å². The minimum absolute atomic E-state index is 0.00567. The lowest BCUT2D eigenvalue weighted by Gasteiger charge is -2.30. The Morgan fingerprint density at radius 1 is 1.26 bits per heavy atom. The minimum Gasteiger partial charge on any atom is -0.444 e. The topological polar surface area (TPSA) is 97.9 Å². The van der Waals surface area contributed by atoms with Gasteiger partial charge in [0.1, 0.15) is 12.1 Å². The molecule has 1 aliphatic carbocycles. The van der Waals surface area contributed by atoms with Crippen molar-refractivity contribution in [2.24, 2.45) is 11.8 Å². The summed E-state index contributed by atoms with van der Waals surface area (Å²) in [7, 11) is 0. The van der Waals surface area contributed by atoms with E-state index in [4.69, 9.17) is 4.42 Å². The number of nitrogens with one attached hydrogen (secondary N) is 2. The molecule has 1 saturated carbocycles. The molecule has 0 unspecified atom stereocenters. The zero-order chi connectivity index (χ0) is 24.2. The van der Waals surface area contributed by atoms with E-state index in [1.807, 2.05) is 6.92 Å². The van der Waals surface area contributed by atoms with Gasteiger partial charge >= 0.3 is 0 Å². The molecule has 3 aromatic rings. The summed E-state index contributed by atoms with van der Waals surface area (Å²) < 4.78 is 34.4. The molecule has 1 amide bonds. The fourth-order valence-electron chi connectivity index (χ4n) is 4.42. The summed E-state index contributed by atoms with van der Waals surface area (Å²) in [5.74, 6) is 1.51. The van der Waals surface area contributed by atoms with Crippen LogP contribution in [0.2, 0.25) is 0 Å². The number of alkyl halides is 2. The van der Waals surface area contributed by atoms with Crippen molar-refractivity contribution in [3.63, 3.8) is 0 Å². The molecule has 0 bridgehead atoms. The van der Waals surface area contributed by atoms with Gasteiger partial charge in [0, 0.05) is 24.5 Å². The Kier molecular flexibility index (Phi) is 7.23. The Hall–Kier alpha value is -3.30. The predicted octanol–water partition coefficient (Wildman–Crippen LogP) is 5.94. The van der Waals surface area contributed by atoms with Crippen LogP contribution in [-0.2, 0) is 0 Å². The predicted molar refractivity (Wildman–Crippen MR) is 125 cm³/mol. The Morgan fingerprint density at radius 3 is 2.71 bits per heavy atom. The smallest absolute Gasteiger partial charge is 0.284 e. The van der Waals surface area contributed by atoms with E-state index in [1.54, 1.807) is 23.0 Å². The molecule has 0 spiro atoms. The van der Waals surface area contributed by atoms with Crippen molar-refractivity contribution < 1.29 is 18.0 Å². The summed E-state index contributed by atoms with van der Waals surface area (Å²) in [5, 5.41) is 9.76. The van der Waals surface area contributed by atoms with Crippen LogP contribution in [0.3, 0.4) is 0 Å². The first-order chi connectivity index (χ1) is 16.4. The zero-order valence-electron chi connectivity index (χ0n) is 19.6. The van der Waals surface area contributed by atoms with E-state index in [0.29, 0.717) is 29.8 Å². The Morgan fingerprint density at radius 2 is 2.03 bits per heavy atom. The summed E-state index contributed by atoms with van der Waals surface area (Å²) in [6.45, 7) is 7.09. The van der Waals surface area contributed by atoms with Crippen molar-refractivity contribution in [2.45, 2.75) is 58.9 Å². The molecular formula is C24H30F2N6O2. The first-order valence-corrected chi connectivity index (χ1v) is 11.7. The van der Waals surface area contributed by atoms with E-state index in [1.165, 1.54) is 12.5 Å². The van der Waals surface area contributed by atoms with Crippen molar-refractivity contribution in [3.05, 3.63) is 42.2 Å². The molecule has 3 heterocycles. The first-order valence-electron chi connectivity index (χ1n) is 11.7. The number of oxazole rings is 1. The van der Waals surface area contributed by atoms with E-state index >= 15 is 0 Å². The number of rotatable bonds is 8. The second-order valence-electron chi connectivity index (χ2n) is 8.97. The highest BCUT2D eigenvalue weighted by Crippen LogP contribution is 2.37. The highest BCUT2D eigenvalue weighted by molar-refractivity contribution is 6.03. The highest BCUT2D eigenvalue weighted by Gasteiger charge is 2.28. The van der Waals surface area contributed by atoms with Crippen molar-refractivity contribution in [1.82, 2.24) is 19.7 Å². The van der Waals surface area contributed by atoms with Crippen molar-refractivity contribution in [3.8, 4) is 11.5 Å². The molecule has 1 fully saturated rings. The van der Waals surface area contributed by atoms with E-state index in [-0.39, 0.29) is 23.3 Å². The molecule has 0 radical (unpaired) electrons. The Labute approximate surface area is 197 Å². The van der Waals surface area contributed by atoms with Crippen LogP contribution in [0.5, 0.6) is 0 Å². The van der Waals surface area contributed by atoms with Gasteiger partial charge in [0.25, 0.3) is 12.3 Å². The highest BCUT2D eigenvalue weighted by atomic mass is 19.3. The molecule has 1 aliphatic rings. The quantitative estimate of drug-likeness (QED) is 0.421. The molecule has 182 valence electrons. The average Bonchev–Trinajstić information content (AvgIpc) is 3.48. The van der Waals surface area contributed by atoms with Crippen LogP contribution in [0.25, 0.3) is 11.5 Å². The molecular weight excluding hydrogens is 442 g/mol. The number of hydrogen-bond acceptors (Lipinski definition) is 6. The number of amides is 1. The average molecular weight is 473 g/mol. The number of anilines is 2. The molecule has 34 heavy (non-hydrogen) atoms. The van der Waals surface area contributed by atoms with E-state index in [0.717, 1.165) is 25.7 Å². The number of carbonyl (C=O) groups is 1. The molecule has 0 saturated heterocycles. The van der Waals surface area contributed by atoms with Gasteiger partial charge < -0.3 is 15.1 Å².